The third kappa shape index (κ3) is 3.11. The molecule has 2 aromatic carbocycles. The Labute approximate surface area is 149 Å². The summed E-state index contributed by atoms with van der Waals surface area (Å²) in [5.41, 5.74) is 2.70. The molecule has 1 aromatic heterocycles. The summed E-state index contributed by atoms with van der Waals surface area (Å²) in [4.78, 5) is 30.3. The van der Waals surface area contributed by atoms with Crippen LogP contribution < -0.4 is 15.0 Å². The molecular formula is C19H17N3O4. The summed E-state index contributed by atoms with van der Waals surface area (Å²) in [6, 6.07) is 12.6. The number of nitrogens with zero attached hydrogens (tertiary/aromatic N) is 2. The van der Waals surface area contributed by atoms with Crippen molar-refractivity contribution < 1.29 is 18.7 Å². The fourth-order valence-electron chi connectivity index (χ4n) is 2.96. The zero-order valence-corrected chi connectivity index (χ0v) is 14.2. The Morgan fingerprint density at radius 3 is 3.00 bits per heavy atom. The van der Waals surface area contributed by atoms with E-state index < -0.39 is 0 Å². The van der Waals surface area contributed by atoms with Crippen LogP contribution >= 0.6 is 0 Å². The van der Waals surface area contributed by atoms with Gasteiger partial charge in [0, 0.05) is 25.6 Å². The van der Waals surface area contributed by atoms with Gasteiger partial charge in [-0.2, -0.15) is 0 Å². The van der Waals surface area contributed by atoms with Crippen LogP contribution in [0.2, 0.25) is 0 Å². The largest absolute Gasteiger partial charge is 0.482 e. The average molecular weight is 351 g/mol. The second-order valence-corrected chi connectivity index (χ2v) is 6.02. The molecule has 1 N–H and O–H groups in total. The first-order valence-corrected chi connectivity index (χ1v) is 8.29. The Hall–Kier alpha value is -3.35. The molecule has 3 aromatic rings. The molecule has 1 aliphatic heterocycles. The lowest BCUT2D eigenvalue weighted by molar-refractivity contribution is -0.121. The van der Waals surface area contributed by atoms with Gasteiger partial charge in [0.25, 0.3) is 5.91 Å². The fraction of sp³-hybridized carbons (Fsp3) is 0.211. The van der Waals surface area contributed by atoms with E-state index in [1.165, 1.54) is 0 Å². The van der Waals surface area contributed by atoms with E-state index in [2.05, 4.69) is 10.3 Å². The van der Waals surface area contributed by atoms with E-state index in [1.54, 1.807) is 30.0 Å². The van der Waals surface area contributed by atoms with Gasteiger partial charge in [0.15, 0.2) is 18.1 Å². The topological polar surface area (TPSA) is 84.7 Å². The molecule has 0 atom stereocenters. The standard InChI is InChI=1S/C19H17N3O4/c1-12-20-14-10-13(6-7-16(14)26-12)21-18(23)8-9-22-15-4-2-3-5-17(15)25-11-19(22)24/h2-7,10H,8-9,11H2,1H3,(H,21,23). The molecular weight excluding hydrogens is 334 g/mol. The predicted molar refractivity (Wildman–Crippen MR) is 96.3 cm³/mol. The van der Waals surface area contributed by atoms with E-state index in [0.29, 0.717) is 34.1 Å². The van der Waals surface area contributed by atoms with Crippen molar-refractivity contribution >= 4 is 34.3 Å². The summed E-state index contributed by atoms with van der Waals surface area (Å²) in [6.07, 6.45) is 0.177. The number of para-hydroxylation sites is 2. The number of benzene rings is 2. The maximum absolute atomic E-state index is 12.3. The second kappa shape index (κ2) is 6.51. The van der Waals surface area contributed by atoms with Crippen LogP contribution in [0.15, 0.2) is 46.9 Å². The molecule has 4 rings (SSSR count). The Bertz CT molecular complexity index is 995. The number of aryl methyl sites for hydroxylation is 1. The van der Waals surface area contributed by atoms with Crippen LogP contribution in [-0.4, -0.2) is 29.9 Å². The first-order valence-electron chi connectivity index (χ1n) is 8.29. The molecule has 0 aliphatic carbocycles. The molecule has 1 aliphatic rings. The van der Waals surface area contributed by atoms with E-state index in [-0.39, 0.29) is 31.4 Å². The van der Waals surface area contributed by atoms with Gasteiger partial charge in [-0.3, -0.25) is 9.59 Å². The van der Waals surface area contributed by atoms with E-state index in [9.17, 15) is 9.59 Å². The molecule has 0 unspecified atom stereocenters. The maximum atomic E-state index is 12.3. The van der Waals surface area contributed by atoms with Gasteiger partial charge >= 0.3 is 0 Å². The lowest BCUT2D eigenvalue weighted by Crippen LogP contribution is -2.40. The Morgan fingerprint density at radius 1 is 1.27 bits per heavy atom. The van der Waals surface area contributed by atoms with Gasteiger partial charge in [-0.1, -0.05) is 12.1 Å². The van der Waals surface area contributed by atoms with Gasteiger partial charge in [-0.05, 0) is 30.3 Å². The molecule has 0 saturated heterocycles. The van der Waals surface area contributed by atoms with Crippen molar-refractivity contribution in [3.63, 3.8) is 0 Å². The van der Waals surface area contributed by atoms with Gasteiger partial charge in [-0.25, -0.2) is 4.98 Å². The van der Waals surface area contributed by atoms with Crippen LogP contribution in [0.4, 0.5) is 11.4 Å². The molecule has 7 nitrogen and oxygen atoms in total. The minimum absolute atomic E-state index is 0.0131. The van der Waals surface area contributed by atoms with Crippen molar-refractivity contribution in [2.24, 2.45) is 0 Å². The fourth-order valence-corrected chi connectivity index (χ4v) is 2.96. The van der Waals surface area contributed by atoms with Crippen LogP contribution in [0, 0.1) is 6.92 Å². The van der Waals surface area contributed by atoms with E-state index >= 15 is 0 Å². The molecule has 26 heavy (non-hydrogen) atoms. The van der Waals surface area contributed by atoms with Crippen molar-refractivity contribution in [3.8, 4) is 5.75 Å². The third-order valence-corrected chi connectivity index (χ3v) is 4.15. The Morgan fingerprint density at radius 2 is 2.12 bits per heavy atom. The SMILES string of the molecule is Cc1nc2cc(NC(=O)CCN3C(=O)COc4ccccc43)ccc2o1. The number of hydrogen-bond donors (Lipinski definition) is 1. The number of hydrogen-bond acceptors (Lipinski definition) is 5. The number of amides is 2. The van der Waals surface area contributed by atoms with Gasteiger partial charge in [0.1, 0.15) is 11.3 Å². The molecule has 0 radical (unpaired) electrons. The number of ether oxygens (including phenoxy) is 1. The predicted octanol–water partition coefficient (Wildman–Crippen LogP) is 2.89. The van der Waals surface area contributed by atoms with Crippen molar-refractivity contribution in [3.05, 3.63) is 48.4 Å². The smallest absolute Gasteiger partial charge is 0.265 e. The number of aromatic nitrogens is 1. The molecule has 0 bridgehead atoms. The van der Waals surface area contributed by atoms with Crippen LogP contribution in [-0.2, 0) is 9.59 Å². The Kier molecular flexibility index (Phi) is 4.04. The molecule has 7 heteroatoms. The summed E-state index contributed by atoms with van der Waals surface area (Å²) >= 11 is 0. The van der Waals surface area contributed by atoms with E-state index in [4.69, 9.17) is 9.15 Å². The molecule has 0 spiro atoms. The van der Waals surface area contributed by atoms with Gasteiger partial charge in [0.2, 0.25) is 5.91 Å². The molecule has 132 valence electrons. The van der Waals surface area contributed by atoms with Gasteiger partial charge in [0.05, 0.1) is 5.69 Å². The summed E-state index contributed by atoms with van der Waals surface area (Å²) in [5, 5.41) is 2.83. The number of carbonyl (C=O) groups excluding carboxylic acids is 2. The molecule has 2 heterocycles. The van der Waals surface area contributed by atoms with Crippen molar-refractivity contribution in [2.45, 2.75) is 13.3 Å². The zero-order chi connectivity index (χ0) is 18.1. The highest BCUT2D eigenvalue weighted by Crippen LogP contribution is 2.31. The van der Waals surface area contributed by atoms with Crippen LogP contribution in [0.1, 0.15) is 12.3 Å². The lowest BCUT2D eigenvalue weighted by Gasteiger charge is -2.29. The number of oxazole rings is 1. The van der Waals surface area contributed by atoms with Crippen molar-refractivity contribution in [1.82, 2.24) is 4.98 Å². The monoisotopic (exact) mass is 351 g/mol. The Balaban J connectivity index is 1.42. The number of rotatable bonds is 4. The van der Waals surface area contributed by atoms with Crippen molar-refractivity contribution in [1.29, 1.82) is 0 Å². The molecule has 2 amide bonds. The zero-order valence-electron chi connectivity index (χ0n) is 14.2. The number of fused-ring (bicyclic) bond motifs is 2. The van der Waals surface area contributed by atoms with Crippen molar-refractivity contribution in [2.75, 3.05) is 23.4 Å². The first-order chi connectivity index (χ1) is 12.6. The first kappa shape index (κ1) is 16.1. The lowest BCUT2D eigenvalue weighted by atomic mass is 10.2. The van der Waals surface area contributed by atoms with Gasteiger partial charge in [-0.15, -0.1) is 0 Å². The van der Waals surface area contributed by atoms with E-state index in [1.807, 2.05) is 24.3 Å². The highest BCUT2D eigenvalue weighted by Gasteiger charge is 2.25. The van der Waals surface area contributed by atoms with Crippen LogP contribution in [0.5, 0.6) is 5.75 Å². The number of anilines is 2. The quantitative estimate of drug-likeness (QED) is 0.781. The van der Waals surface area contributed by atoms with Crippen LogP contribution in [0.25, 0.3) is 11.1 Å². The van der Waals surface area contributed by atoms with Gasteiger partial charge < -0.3 is 19.4 Å². The normalized spacial score (nSPS) is 13.4. The molecule has 0 fully saturated rings. The van der Waals surface area contributed by atoms with E-state index in [0.717, 1.165) is 0 Å². The summed E-state index contributed by atoms with van der Waals surface area (Å²) < 4.78 is 10.8. The maximum Gasteiger partial charge on any atom is 0.265 e. The third-order valence-electron chi connectivity index (χ3n) is 4.15. The minimum Gasteiger partial charge on any atom is -0.482 e. The highest BCUT2D eigenvalue weighted by molar-refractivity contribution is 5.99. The summed E-state index contributed by atoms with van der Waals surface area (Å²) in [6.45, 7) is 2.05. The minimum atomic E-state index is -0.179. The number of carbonyl (C=O) groups is 2. The highest BCUT2D eigenvalue weighted by atomic mass is 16.5. The van der Waals surface area contributed by atoms with Crippen LogP contribution in [0.3, 0.4) is 0 Å². The molecule has 0 saturated carbocycles. The second-order valence-electron chi connectivity index (χ2n) is 6.02. The summed E-state index contributed by atoms with van der Waals surface area (Å²) in [7, 11) is 0. The summed E-state index contributed by atoms with van der Waals surface area (Å²) in [5.74, 6) is 0.893. The average Bonchev–Trinajstić information content (AvgIpc) is 3.00. The number of nitrogens with one attached hydrogen (secondary N) is 1.